The molecule has 428 valence electrons. The molecule has 1 saturated carbocycles. The molecule has 7 atom stereocenters. The third kappa shape index (κ3) is 10.4. The molecule has 2 aromatic heterocycles. The lowest BCUT2D eigenvalue weighted by atomic mass is 9.61. The van der Waals surface area contributed by atoms with Gasteiger partial charge in [0.15, 0.2) is 11.5 Å². The lowest BCUT2D eigenvalue weighted by molar-refractivity contribution is -0.148. The van der Waals surface area contributed by atoms with E-state index in [4.69, 9.17) is 14.2 Å². The molecule has 7 unspecified atom stereocenters. The summed E-state index contributed by atoms with van der Waals surface area (Å²) in [6, 6.07) is 20.4. The number of aromatic hydroxyl groups is 3. The highest BCUT2D eigenvalue weighted by atomic mass is 16.5. The van der Waals surface area contributed by atoms with Gasteiger partial charge in [0, 0.05) is 104 Å². The first kappa shape index (κ1) is 55.1. The van der Waals surface area contributed by atoms with Gasteiger partial charge >= 0.3 is 5.97 Å². The number of nitrogens with zero attached hydrogens (tertiary/aromatic N) is 2. The van der Waals surface area contributed by atoms with Crippen LogP contribution in [0.4, 0.5) is 5.69 Å². The van der Waals surface area contributed by atoms with Crippen LogP contribution in [0.1, 0.15) is 142 Å². The Morgan fingerprint density at radius 1 is 0.904 bits per heavy atom. The summed E-state index contributed by atoms with van der Waals surface area (Å²) >= 11 is 0. The molecular weight excluding hydrogens is 1040 g/mol. The Morgan fingerprint density at radius 2 is 1.71 bits per heavy atom. The van der Waals surface area contributed by atoms with Crippen molar-refractivity contribution >= 4 is 34.0 Å². The SMILES string of the molecule is COc1cc(C2CC(=O)CC(OC(C)=O)CCC34Cc5c[nH]cc5C(C#CCC3=CC=CC4C)C(c3cccc(O)c3)C3=CCNC(=C3)N(CCC(C)=O)c3ccc4c5c(n2cc35)CC2(CCCC2)C4O)cc(O)c1Oc1cccc(O)c1. The van der Waals surface area contributed by atoms with Crippen molar-refractivity contribution < 1.29 is 49.0 Å². The van der Waals surface area contributed by atoms with Gasteiger partial charge in [-0.25, -0.2) is 0 Å². The average Bonchev–Trinajstić information content (AvgIpc) is 2.10. The molecule has 6 bridgehead atoms. The number of hydrogen-bond acceptors (Lipinski definition) is 12. The normalized spacial score (nSPS) is 24.6. The molecule has 2 spiro atoms. The maximum absolute atomic E-state index is 15.5. The van der Waals surface area contributed by atoms with Crippen molar-refractivity contribution in [2.45, 2.75) is 128 Å². The molecule has 83 heavy (non-hydrogen) atoms. The number of dihydropyridines is 1. The summed E-state index contributed by atoms with van der Waals surface area (Å²) in [5, 5.41) is 51.7. The highest BCUT2D eigenvalue weighted by Gasteiger charge is 2.48. The van der Waals surface area contributed by atoms with Crippen LogP contribution in [0.25, 0.3) is 10.8 Å². The number of anilines is 1. The molecule has 12 rings (SSSR count). The number of carbonyl (C=O) groups is 3. The maximum atomic E-state index is 15.5. The van der Waals surface area contributed by atoms with Crippen molar-refractivity contribution in [1.82, 2.24) is 14.9 Å². The van der Waals surface area contributed by atoms with Crippen molar-refractivity contribution in [3.05, 3.63) is 172 Å². The number of benzene rings is 4. The first-order chi connectivity index (χ1) is 40.1. The zero-order chi connectivity index (χ0) is 57.7. The van der Waals surface area contributed by atoms with Crippen LogP contribution < -0.4 is 19.7 Å². The zero-order valence-corrected chi connectivity index (χ0v) is 47.5. The summed E-state index contributed by atoms with van der Waals surface area (Å²) in [6.07, 6.45) is 21.8. The Kier molecular flexibility index (Phi) is 14.9. The summed E-state index contributed by atoms with van der Waals surface area (Å²) in [4.78, 5) is 47.6. The van der Waals surface area contributed by atoms with Gasteiger partial charge in [-0.3, -0.25) is 14.4 Å². The van der Waals surface area contributed by atoms with Crippen LogP contribution in [0.15, 0.2) is 139 Å². The first-order valence-electron chi connectivity index (χ1n) is 29.3. The van der Waals surface area contributed by atoms with E-state index in [1.165, 1.54) is 31.7 Å². The summed E-state index contributed by atoms with van der Waals surface area (Å²) in [5.74, 6) is 7.26. The van der Waals surface area contributed by atoms with Crippen LogP contribution in [0.5, 0.6) is 34.5 Å². The number of ketones is 2. The smallest absolute Gasteiger partial charge is 0.302 e. The average molecular weight is 1120 g/mol. The lowest BCUT2D eigenvalue weighted by Gasteiger charge is -2.43. The largest absolute Gasteiger partial charge is 0.508 e. The molecule has 2 aliphatic heterocycles. The molecule has 14 heteroatoms. The number of ether oxygens (including phenoxy) is 3. The predicted octanol–water partition coefficient (Wildman–Crippen LogP) is 12.5. The van der Waals surface area contributed by atoms with Crippen molar-refractivity contribution in [2.24, 2.45) is 16.7 Å². The second kappa shape index (κ2) is 22.4. The number of carbonyl (C=O) groups excluding carboxylic acids is 3. The van der Waals surface area contributed by atoms with E-state index >= 15 is 4.79 Å². The molecule has 0 amide bonds. The van der Waals surface area contributed by atoms with E-state index < -0.39 is 35.0 Å². The fraction of sp³-hybridized carbons (Fsp3) is 0.377. The van der Waals surface area contributed by atoms with Gasteiger partial charge in [-0.1, -0.05) is 85.7 Å². The standard InChI is InChI=1S/C69H72N4O10/c1-41-11-7-13-48-14-9-18-54-56-39-70-38-47(56)36-69(41,48)26-21-53(82-43(3)75)34-51(78)35-59(46-30-61(79)66(62(31-46)81-4)83-52-17-10-16-50(77)33-52)73-40-57-58(20-19-55-65(57)60(73)37-68(67(55)80)24-5-6-25-68)72(28-23-42(2)74)63-32-45(22-27-71-63)64(54)44-12-8-15-49(76)29-44/h7-8,10-13,15-17,19-20,22,29-33,38-41,53-54,59,64,67,70-71,76-77,79-80H,5-6,14,21,23-28,34-37H2,1-4H3. The molecule has 6 N–H and O–H groups in total. The van der Waals surface area contributed by atoms with Crippen molar-refractivity contribution in [1.29, 1.82) is 0 Å². The maximum Gasteiger partial charge on any atom is 0.302 e. The van der Waals surface area contributed by atoms with Crippen LogP contribution in [-0.2, 0) is 32.0 Å². The second-order valence-electron chi connectivity index (χ2n) is 23.9. The van der Waals surface area contributed by atoms with Gasteiger partial charge in [0.2, 0.25) is 5.75 Å². The number of phenolic OH excluding ortho intramolecular Hbond substituents is 3. The van der Waals surface area contributed by atoms with Crippen LogP contribution >= 0.6 is 0 Å². The minimum Gasteiger partial charge on any atom is -0.508 e. The van der Waals surface area contributed by atoms with Gasteiger partial charge in [0.25, 0.3) is 0 Å². The number of aromatic nitrogens is 2. The van der Waals surface area contributed by atoms with Gasteiger partial charge in [0.05, 0.1) is 30.9 Å². The van der Waals surface area contributed by atoms with E-state index in [9.17, 15) is 30.0 Å². The zero-order valence-electron chi connectivity index (χ0n) is 47.5. The Balaban J connectivity index is 1.10. The summed E-state index contributed by atoms with van der Waals surface area (Å²) in [6.45, 7) is 5.97. The number of esters is 1. The van der Waals surface area contributed by atoms with E-state index in [1.54, 1.807) is 37.3 Å². The molecule has 6 aliphatic rings. The molecular formula is C69H72N4O10. The van der Waals surface area contributed by atoms with Crippen molar-refractivity contribution in [3.63, 3.8) is 0 Å². The summed E-state index contributed by atoms with van der Waals surface area (Å²) in [5.41, 5.74) is 7.29. The van der Waals surface area contributed by atoms with Crippen molar-refractivity contribution in [3.8, 4) is 46.3 Å². The van der Waals surface area contributed by atoms with Gasteiger partial charge < -0.3 is 54.4 Å². The molecule has 0 saturated heterocycles. The number of rotatable bonds is 9. The minimum atomic E-state index is -0.782. The third-order valence-electron chi connectivity index (χ3n) is 18.8. The Morgan fingerprint density at radius 3 is 2.48 bits per heavy atom. The summed E-state index contributed by atoms with van der Waals surface area (Å²) < 4.78 is 20.6. The fourth-order valence-corrected chi connectivity index (χ4v) is 14.8. The monoisotopic (exact) mass is 1120 g/mol. The van der Waals surface area contributed by atoms with Crippen LogP contribution in [0, 0.1) is 28.6 Å². The van der Waals surface area contributed by atoms with E-state index in [0.717, 1.165) is 81.5 Å². The fourth-order valence-electron chi connectivity index (χ4n) is 14.8. The Hall–Kier alpha value is -8.41. The lowest BCUT2D eigenvalue weighted by Crippen LogP contribution is -2.36. The molecule has 4 aliphatic carbocycles. The number of fused-ring (bicyclic) bond motifs is 3. The number of phenols is 3. The van der Waals surface area contributed by atoms with Crippen LogP contribution in [0.3, 0.4) is 0 Å². The molecule has 14 nitrogen and oxygen atoms in total. The second-order valence-corrected chi connectivity index (χ2v) is 23.9. The van der Waals surface area contributed by atoms with E-state index in [-0.39, 0.29) is 83.1 Å². The van der Waals surface area contributed by atoms with Gasteiger partial charge in [-0.05, 0) is 133 Å². The highest BCUT2D eigenvalue weighted by Crippen LogP contribution is 2.58. The van der Waals surface area contributed by atoms with Gasteiger partial charge in [-0.15, -0.1) is 0 Å². The Bertz CT molecular complexity index is 3750. The summed E-state index contributed by atoms with van der Waals surface area (Å²) in [7, 11) is 1.48. The van der Waals surface area contributed by atoms with E-state index in [1.807, 2.05) is 24.3 Å². The van der Waals surface area contributed by atoms with E-state index in [0.29, 0.717) is 50.8 Å². The molecule has 6 aromatic rings. The molecule has 1 fully saturated rings. The number of hydrogen-bond donors (Lipinski definition) is 6. The van der Waals surface area contributed by atoms with Crippen molar-refractivity contribution in [2.75, 3.05) is 25.1 Å². The quantitative estimate of drug-likeness (QED) is 0.0593. The number of allylic oxidation sites excluding steroid dienone is 6. The van der Waals surface area contributed by atoms with E-state index in [2.05, 4.69) is 93.6 Å². The minimum absolute atomic E-state index is 0.0118. The number of aliphatic hydroxyl groups excluding tert-OH is 1. The third-order valence-corrected chi connectivity index (χ3v) is 18.8. The number of H-pyrrole nitrogens is 1. The first-order valence-corrected chi connectivity index (χ1v) is 29.3. The number of aromatic amines is 1. The number of nitrogens with one attached hydrogen (secondary N) is 2. The number of methoxy groups -OCH3 is 1. The topological polar surface area (TPSA) is 196 Å². The number of Topliss-reactive ketones (excluding diaryl/α,β-unsaturated/α-hetero) is 2. The molecule has 4 heterocycles. The highest BCUT2D eigenvalue weighted by molar-refractivity contribution is 6.00. The van der Waals surface area contributed by atoms with Crippen LogP contribution in [0.2, 0.25) is 0 Å². The molecule has 4 aromatic carbocycles. The van der Waals surface area contributed by atoms with Crippen LogP contribution in [-0.4, -0.2) is 73.8 Å². The Labute approximate surface area is 484 Å². The van der Waals surface area contributed by atoms with Gasteiger partial charge in [-0.2, -0.15) is 0 Å². The number of aliphatic hydroxyl groups is 1. The van der Waals surface area contributed by atoms with Gasteiger partial charge in [0.1, 0.15) is 40.7 Å². The molecule has 0 radical (unpaired) electrons. The predicted molar refractivity (Wildman–Crippen MR) is 318 cm³/mol.